The van der Waals surface area contributed by atoms with Crippen molar-refractivity contribution in [1.29, 1.82) is 0 Å². The van der Waals surface area contributed by atoms with E-state index in [2.05, 4.69) is 13.0 Å². The van der Waals surface area contributed by atoms with Gasteiger partial charge in [0.2, 0.25) is 0 Å². The maximum atomic E-state index is 10.6. The second-order valence-electron chi connectivity index (χ2n) is 5.41. The summed E-state index contributed by atoms with van der Waals surface area (Å²) in [6.07, 6.45) is 1.53. The first-order valence-electron chi connectivity index (χ1n) is 6.46. The Morgan fingerprint density at radius 1 is 1.50 bits per heavy atom. The van der Waals surface area contributed by atoms with E-state index in [0.717, 1.165) is 24.3 Å². The van der Waals surface area contributed by atoms with Gasteiger partial charge in [0, 0.05) is 18.9 Å². The zero-order valence-corrected chi connectivity index (χ0v) is 11.4. The Kier molecular flexibility index (Phi) is 3.93. The summed E-state index contributed by atoms with van der Waals surface area (Å²) < 4.78 is 10.7. The first-order valence-corrected chi connectivity index (χ1v) is 6.46. The molecule has 2 unspecified atom stereocenters. The normalized spacial score (nSPS) is 22.8. The summed E-state index contributed by atoms with van der Waals surface area (Å²) in [6, 6.07) is 6.07. The van der Waals surface area contributed by atoms with Crippen LogP contribution in [-0.4, -0.2) is 31.0 Å². The highest BCUT2D eigenvalue weighted by molar-refractivity contribution is 5.37. The minimum atomic E-state index is -0.739. The van der Waals surface area contributed by atoms with Crippen LogP contribution < -0.4 is 4.74 Å². The smallest absolute Gasteiger partial charge is 0.122 e. The van der Waals surface area contributed by atoms with E-state index >= 15 is 0 Å². The van der Waals surface area contributed by atoms with Crippen molar-refractivity contribution in [1.82, 2.24) is 0 Å². The summed E-state index contributed by atoms with van der Waals surface area (Å²) in [7, 11) is 1.67. The van der Waals surface area contributed by atoms with E-state index in [0.29, 0.717) is 13.0 Å². The van der Waals surface area contributed by atoms with Crippen molar-refractivity contribution < 1.29 is 14.6 Å². The highest BCUT2D eigenvalue weighted by atomic mass is 16.5. The zero-order chi connectivity index (χ0) is 13.2. The van der Waals surface area contributed by atoms with Gasteiger partial charge in [-0.05, 0) is 31.9 Å². The molecule has 3 heteroatoms. The van der Waals surface area contributed by atoms with Gasteiger partial charge in [0.1, 0.15) is 5.75 Å². The van der Waals surface area contributed by atoms with Gasteiger partial charge in [-0.3, -0.25) is 0 Å². The third-order valence-electron chi connectivity index (χ3n) is 3.79. The molecule has 0 spiro atoms. The Balaban J connectivity index is 2.19. The van der Waals surface area contributed by atoms with Crippen LogP contribution in [0.25, 0.3) is 0 Å². The molecule has 0 saturated carbocycles. The van der Waals surface area contributed by atoms with Crippen LogP contribution in [0.3, 0.4) is 0 Å². The molecule has 1 aliphatic heterocycles. The molecule has 3 nitrogen and oxygen atoms in total. The fourth-order valence-corrected chi connectivity index (χ4v) is 2.60. The molecule has 1 fully saturated rings. The second kappa shape index (κ2) is 5.29. The molecule has 0 radical (unpaired) electrons. The fraction of sp³-hybridized carbons (Fsp3) is 0.600. The van der Waals surface area contributed by atoms with Gasteiger partial charge in [-0.2, -0.15) is 0 Å². The molecular weight excluding hydrogens is 228 g/mol. The third-order valence-corrected chi connectivity index (χ3v) is 3.79. The number of aliphatic hydroxyl groups is 1. The molecule has 1 aliphatic rings. The number of benzene rings is 1. The molecule has 0 bridgehead atoms. The Morgan fingerprint density at radius 2 is 2.28 bits per heavy atom. The van der Waals surface area contributed by atoms with Crippen LogP contribution in [0.5, 0.6) is 5.75 Å². The quantitative estimate of drug-likeness (QED) is 0.891. The molecule has 0 amide bonds. The molecule has 1 aromatic rings. The summed E-state index contributed by atoms with van der Waals surface area (Å²) in [6.45, 7) is 5.36. The first kappa shape index (κ1) is 13.4. The van der Waals surface area contributed by atoms with Gasteiger partial charge in [0.15, 0.2) is 0 Å². The summed E-state index contributed by atoms with van der Waals surface area (Å²) in [4.78, 5) is 0. The topological polar surface area (TPSA) is 38.7 Å². The van der Waals surface area contributed by atoms with E-state index in [1.165, 1.54) is 5.56 Å². The zero-order valence-electron chi connectivity index (χ0n) is 11.4. The van der Waals surface area contributed by atoms with Crippen LogP contribution in [0.2, 0.25) is 0 Å². The fourth-order valence-electron chi connectivity index (χ4n) is 2.60. The van der Waals surface area contributed by atoms with Crippen LogP contribution in [0.4, 0.5) is 0 Å². The average Bonchev–Trinajstić information content (AvgIpc) is 2.83. The Labute approximate surface area is 109 Å². The van der Waals surface area contributed by atoms with E-state index in [1.807, 2.05) is 19.1 Å². The summed E-state index contributed by atoms with van der Waals surface area (Å²) >= 11 is 0. The molecule has 1 saturated heterocycles. The molecule has 2 rings (SSSR count). The van der Waals surface area contributed by atoms with Crippen molar-refractivity contribution in [2.24, 2.45) is 5.92 Å². The lowest BCUT2D eigenvalue weighted by Gasteiger charge is -2.29. The van der Waals surface area contributed by atoms with Crippen LogP contribution in [0, 0.1) is 12.8 Å². The molecule has 1 aromatic carbocycles. The largest absolute Gasteiger partial charge is 0.496 e. The number of rotatable bonds is 4. The number of hydrogen-bond donors (Lipinski definition) is 1. The average molecular weight is 250 g/mol. The van der Waals surface area contributed by atoms with Gasteiger partial charge in [0.25, 0.3) is 0 Å². The van der Waals surface area contributed by atoms with Gasteiger partial charge < -0.3 is 14.6 Å². The van der Waals surface area contributed by atoms with Gasteiger partial charge in [0.05, 0.1) is 19.3 Å². The summed E-state index contributed by atoms with van der Waals surface area (Å²) in [5.41, 5.74) is 1.51. The lowest BCUT2D eigenvalue weighted by Crippen LogP contribution is -2.37. The van der Waals surface area contributed by atoms with Gasteiger partial charge in [-0.1, -0.05) is 17.7 Å². The van der Waals surface area contributed by atoms with Crippen LogP contribution in [-0.2, 0) is 11.2 Å². The lowest BCUT2D eigenvalue weighted by atomic mass is 9.83. The molecule has 0 aromatic heterocycles. The highest BCUT2D eigenvalue weighted by Gasteiger charge is 2.35. The molecule has 1 N–H and O–H groups in total. The Bertz CT molecular complexity index is 406. The second-order valence-corrected chi connectivity index (χ2v) is 5.41. The van der Waals surface area contributed by atoms with Crippen LogP contribution >= 0.6 is 0 Å². The molecule has 100 valence electrons. The van der Waals surface area contributed by atoms with Crippen LogP contribution in [0.15, 0.2) is 18.2 Å². The predicted molar refractivity (Wildman–Crippen MR) is 71.0 cm³/mol. The molecule has 0 aliphatic carbocycles. The maximum Gasteiger partial charge on any atom is 0.122 e. The van der Waals surface area contributed by atoms with E-state index in [1.54, 1.807) is 7.11 Å². The standard InChI is InChI=1S/C15H22O3/c1-11-4-5-14(17-3)12(8-11)9-15(2,16)13-6-7-18-10-13/h4-5,8,13,16H,6-7,9-10H2,1-3H3. The number of hydrogen-bond acceptors (Lipinski definition) is 3. The Hall–Kier alpha value is -1.06. The third kappa shape index (κ3) is 2.85. The van der Waals surface area contributed by atoms with Crippen molar-refractivity contribution in [3.8, 4) is 5.75 Å². The molecule has 1 heterocycles. The highest BCUT2D eigenvalue weighted by Crippen LogP contribution is 2.32. The predicted octanol–water partition coefficient (Wildman–Crippen LogP) is 2.33. The first-order chi connectivity index (χ1) is 8.53. The van der Waals surface area contributed by atoms with E-state index in [4.69, 9.17) is 9.47 Å². The SMILES string of the molecule is COc1ccc(C)cc1CC(C)(O)C1CCOC1. The maximum absolute atomic E-state index is 10.6. The minimum Gasteiger partial charge on any atom is -0.496 e. The number of aryl methyl sites for hydroxylation is 1. The van der Waals surface area contributed by atoms with E-state index < -0.39 is 5.60 Å². The molecule has 18 heavy (non-hydrogen) atoms. The van der Waals surface area contributed by atoms with Crippen LogP contribution in [0.1, 0.15) is 24.5 Å². The van der Waals surface area contributed by atoms with Crippen molar-refractivity contribution in [3.63, 3.8) is 0 Å². The lowest BCUT2D eigenvalue weighted by molar-refractivity contribution is -0.00494. The molecule has 2 atom stereocenters. The summed E-state index contributed by atoms with van der Waals surface area (Å²) in [5.74, 6) is 1.06. The van der Waals surface area contributed by atoms with Crippen molar-refractivity contribution >= 4 is 0 Å². The van der Waals surface area contributed by atoms with E-state index in [-0.39, 0.29) is 5.92 Å². The minimum absolute atomic E-state index is 0.211. The monoisotopic (exact) mass is 250 g/mol. The molecular formula is C15H22O3. The van der Waals surface area contributed by atoms with Crippen molar-refractivity contribution in [2.75, 3.05) is 20.3 Å². The van der Waals surface area contributed by atoms with E-state index in [9.17, 15) is 5.11 Å². The Morgan fingerprint density at radius 3 is 2.89 bits per heavy atom. The van der Waals surface area contributed by atoms with Gasteiger partial charge in [-0.25, -0.2) is 0 Å². The van der Waals surface area contributed by atoms with Crippen molar-refractivity contribution in [3.05, 3.63) is 29.3 Å². The van der Waals surface area contributed by atoms with Gasteiger partial charge >= 0.3 is 0 Å². The van der Waals surface area contributed by atoms with Gasteiger partial charge in [-0.15, -0.1) is 0 Å². The van der Waals surface area contributed by atoms with Crippen molar-refractivity contribution in [2.45, 2.75) is 32.3 Å². The summed E-state index contributed by atoms with van der Waals surface area (Å²) in [5, 5.41) is 10.6. The number of ether oxygens (including phenoxy) is 2. The number of methoxy groups -OCH3 is 1.